The summed E-state index contributed by atoms with van der Waals surface area (Å²) in [6, 6.07) is 0. The van der Waals surface area contributed by atoms with Gasteiger partial charge in [0.05, 0.1) is 13.7 Å². The van der Waals surface area contributed by atoms with Crippen LogP contribution in [0.4, 0.5) is 0 Å². The molecule has 0 saturated carbocycles. The minimum absolute atomic E-state index is 0.629. The number of ether oxygens (including phenoxy) is 2. The molecule has 0 saturated heterocycles. The monoisotopic (exact) mass is 154 g/mol. The minimum Gasteiger partial charge on any atom is -0.497 e. The van der Waals surface area contributed by atoms with Crippen LogP contribution in [0.1, 0.15) is 0 Å². The second kappa shape index (κ2) is 7.09. The van der Waals surface area contributed by atoms with E-state index in [4.69, 9.17) is 9.47 Å². The molecule has 0 N–H and O–H groups in total. The third-order valence-electron chi connectivity index (χ3n) is 1.05. The summed E-state index contributed by atoms with van der Waals surface area (Å²) in [5.41, 5.74) is 0. The average Bonchev–Trinajstić information content (AvgIpc) is 2.04. The summed E-state index contributed by atoms with van der Waals surface area (Å²) in [5.74, 6) is 0.645. The van der Waals surface area contributed by atoms with Gasteiger partial charge >= 0.3 is 0 Å². The van der Waals surface area contributed by atoms with E-state index < -0.39 is 0 Å². The fraction of sp³-hybridized carbons (Fsp3) is 0.333. The maximum atomic E-state index is 4.81. The normalized spacial score (nSPS) is 11.1. The summed E-state index contributed by atoms with van der Waals surface area (Å²) >= 11 is 0. The van der Waals surface area contributed by atoms with Gasteiger partial charge in [-0.3, -0.25) is 0 Å². The van der Waals surface area contributed by atoms with Crippen molar-refractivity contribution >= 4 is 0 Å². The van der Waals surface area contributed by atoms with Crippen LogP contribution in [0.2, 0.25) is 0 Å². The minimum atomic E-state index is 0.629. The molecule has 0 fully saturated rings. The summed E-state index contributed by atoms with van der Waals surface area (Å²) in [7, 11) is 3.24. The molecule has 0 heterocycles. The Labute approximate surface area is 67.8 Å². The standard InChI is InChI=1S/C9H14O2/c1-9(11-3)7-5-4-6-8-10-2/h4-7H,1,8H2,2-3H3/b6-4-,7-5-. The first-order valence-electron chi connectivity index (χ1n) is 3.36. The Bertz CT molecular complexity index is 157. The van der Waals surface area contributed by atoms with Gasteiger partial charge in [-0.1, -0.05) is 24.8 Å². The lowest BCUT2D eigenvalue weighted by Crippen LogP contribution is -1.79. The van der Waals surface area contributed by atoms with Crippen molar-refractivity contribution in [2.45, 2.75) is 0 Å². The lowest BCUT2D eigenvalue weighted by Gasteiger charge is -1.92. The molecule has 0 amide bonds. The number of rotatable bonds is 5. The van der Waals surface area contributed by atoms with Crippen molar-refractivity contribution in [2.75, 3.05) is 20.8 Å². The topological polar surface area (TPSA) is 18.5 Å². The van der Waals surface area contributed by atoms with Gasteiger partial charge in [0.2, 0.25) is 0 Å². The molecule has 0 radical (unpaired) electrons. The van der Waals surface area contributed by atoms with E-state index in [1.807, 2.05) is 18.2 Å². The lowest BCUT2D eigenvalue weighted by molar-refractivity contribution is 0.234. The molecule has 0 unspecified atom stereocenters. The molecule has 0 aliphatic rings. The summed E-state index contributed by atoms with van der Waals surface area (Å²) < 4.78 is 9.61. The molecule has 0 aromatic rings. The van der Waals surface area contributed by atoms with Crippen LogP contribution in [0.3, 0.4) is 0 Å². The maximum Gasteiger partial charge on any atom is 0.111 e. The van der Waals surface area contributed by atoms with E-state index in [2.05, 4.69) is 6.58 Å². The second-order valence-corrected chi connectivity index (χ2v) is 1.91. The average molecular weight is 154 g/mol. The number of methoxy groups -OCH3 is 2. The highest BCUT2D eigenvalue weighted by Crippen LogP contribution is 1.91. The molecule has 2 heteroatoms. The Morgan fingerprint density at radius 1 is 1.36 bits per heavy atom. The van der Waals surface area contributed by atoms with E-state index >= 15 is 0 Å². The molecule has 0 rings (SSSR count). The van der Waals surface area contributed by atoms with Crippen molar-refractivity contribution in [1.29, 1.82) is 0 Å². The van der Waals surface area contributed by atoms with Gasteiger partial charge < -0.3 is 9.47 Å². The molecule has 0 aliphatic carbocycles. The van der Waals surface area contributed by atoms with E-state index in [0.717, 1.165) is 0 Å². The number of hydrogen-bond donors (Lipinski definition) is 0. The third kappa shape index (κ3) is 6.87. The molecule has 0 aromatic carbocycles. The fourth-order valence-electron chi connectivity index (χ4n) is 0.461. The van der Waals surface area contributed by atoms with Crippen LogP contribution in [0.25, 0.3) is 0 Å². The smallest absolute Gasteiger partial charge is 0.111 e. The van der Waals surface area contributed by atoms with Crippen molar-refractivity contribution < 1.29 is 9.47 Å². The summed E-state index contributed by atoms with van der Waals surface area (Å²) in [6.07, 6.45) is 7.42. The first-order valence-corrected chi connectivity index (χ1v) is 3.36. The van der Waals surface area contributed by atoms with Gasteiger partial charge in [-0.05, 0) is 6.08 Å². The predicted octanol–water partition coefficient (Wildman–Crippen LogP) is 1.91. The van der Waals surface area contributed by atoms with E-state index in [1.54, 1.807) is 20.3 Å². The molecular formula is C9H14O2. The fourth-order valence-corrected chi connectivity index (χ4v) is 0.461. The predicted molar refractivity (Wildman–Crippen MR) is 46.3 cm³/mol. The molecule has 62 valence electrons. The molecule has 0 aromatic heterocycles. The van der Waals surface area contributed by atoms with Crippen molar-refractivity contribution in [1.82, 2.24) is 0 Å². The largest absolute Gasteiger partial charge is 0.497 e. The van der Waals surface area contributed by atoms with E-state index in [0.29, 0.717) is 12.4 Å². The van der Waals surface area contributed by atoms with Gasteiger partial charge in [0, 0.05) is 7.11 Å². The highest BCUT2D eigenvalue weighted by Gasteiger charge is 1.77. The molecule has 0 spiro atoms. The van der Waals surface area contributed by atoms with Crippen LogP contribution in [0.15, 0.2) is 36.6 Å². The van der Waals surface area contributed by atoms with Crippen LogP contribution >= 0.6 is 0 Å². The number of allylic oxidation sites excluding steroid dienone is 3. The van der Waals surface area contributed by atoms with Crippen molar-refractivity contribution in [3.05, 3.63) is 36.6 Å². The number of hydrogen-bond acceptors (Lipinski definition) is 2. The van der Waals surface area contributed by atoms with Gasteiger partial charge in [0.25, 0.3) is 0 Å². The zero-order valence-electron chi connectivity index (χ0n) is 7.04. The van der Waals surface area contributed by atoms with Crippen LogP contribution in [0.5, 0.6) is 0 Å². The SMILES string of the molecule is C=C(/C=C\C=C/COC)OC. The third-order valence-corrected chi connectivity index (χ3v) is 1.05. The van der Waals surface area contributed by atoms with Crippen molar-refractivity contribution in [3.8, 4) is 0 Å². The Hall–Kier alpha value is -1.02. The van der Waals surface area contributed by atoms with E-state index in [-0.39, 0.29) is 0 Å². The molecular weight excluding hydrogens is 140 g/mol. The van der Waals surface area contributed by atoms with Crippen LogP contribution in [-0.2, 0) is 9.47 Å². The highest BCUT2D eigenvalue weighted by atomic mass is 16.5. The maximum absolute atomic E-state index is 4.81. The van der Waals surface area contributed by atoms with Gasteiger partial charge in [-0.15, -0.1) is 0 Å². The molecule has 0 aliphatic heterocycles. The molecule has 2 nitrogen and oxygen atoms in total. The van der Waals surface area contributed by atoms with Gasteiger partial charge in [0.1, 0.15) is 5.76 Å². The van der Waals surface area contributed by atoms with Gasteiger partial charge in [0.15, 0.2) is 0 Å². The van der Waals surface area contributed by atoms with Gasteiger partial charge in [-0.25, -0.2) is 0 Å². The first-order chi connectivity index (χ1) is 5.31. The zero-order valence-corrected chi connectivity index (χ0v) is 7.04. The van der Waals surface area contributed by atoms with E-state index in [9.17, 15) is 0 Å². The lowest BCUT2D eigenvalue weighted by atomic mass is 10.4. The Morgan fingerprint density at radius 2 is 2.09 bits per heavy atom. The zero-order chi connectivity index (χ0) is 8.53. The van der Waals surface area contributed by atoms with Crippen molar-refractivity contribution in [3.63, 3.8) is 0 Å². The first kappa shape index (κ1) is 9.98. The van der Waals surface area contributed by atoms with Gasteiger partial charge in [-0.2, -0.15) is 0 Å². The van der Waals surface area contributed by atoms with Crippen LogP contribution in [0, 0.1) is 0 Å². The molecule has 11 heavy (non-hydrogen) atoms. The Morgan fingerprint density at radius 3 is 2.64 bits per heavy atom. The Kier molecular flexibility index (Phi) is 6.43. The summed E-state index contributed by atoms with van der Waals surface area (Å²) in [5, 5.41) is 0. The van der Waals surface area contributed by atoms with Crippen LogP contribution < -0.4 is 0 Å². The van der Waals surface area contributed by atoms with E-state index in [1.165, 1.54) is 0 Å². The highest BCUT2D eigenvalue weighted by molar-refractivity contribution is 5.13. The van der Waals surface area contributed by atoms with Crippen molar-refractivity contribution in [2.24, 2.45) is 0 Å². The summed E-state index contributed by atoms with van der Waals surface area (Å²) in [6.45, 7) is 4.25. The van der Waals surface area contributed by atoms with Crippen LogP contribution in [-0.4, -0.2) is 20.8 Å². The molecule has 0 atom stereocenters. The summed E-state index contributed by atoms with van der Waals surface area (Å²) in [4.78, 5) is 0. The Balaban J connectivity index is 3.50. The molecule has 0 bridgehead atoms. The quantitative estimate of drug-likeness (QED) is 0.445. The second-order valence-electron chi connectivity index (χ2n) is 1.91.